The Balaban J connectivity index is 1.72. The van der Waals surface area contributed by atoms with Gasteiger partial charge < -0.3 is 4.52 Å². The van der Waals surface area contributed by atoms with Gasteiger partial charge in [0.1, 0.15) is 5.69 Å². The van der Waals surface area contributed by atoms with E-state index in [0.717, 1.165) is 23.5 Å². The lowest BCUT2D eigenvalue weighted by Crippen LogP contribution is -1.94. The smallest absolute Gasteiger partial charge is 0.227 e. The van der Waals surface area contributed by atoms with Gasteiger partial charge in [-0.25, -0.2) is 0 Å². The van der Waals surface area contributed by atoms with Crippen molar-refractivity contribution in [2.75, 3.05) is 0 Å². The molecule has 3 heterocycles. The summed E-state index contributed by atoms with van der Waals surface area (Å²) in [5, 5.41) is 11.1. The second-order valence-corrected chi connectivity index (χ2v) is 4.64. The van der Waals surface area contributed by atoms with Crippen LogP contribution in [0.2, 0.25) is 0 Å². The predicted molar refractivity (Wildman–Crippen MR) is 73.0 cm³/mol. The number of aryl methyl sites for hydroxylation is 3. The number of hydrogen-bond donors (Lipinski definition) is 1. The van der Waals surface area contributed by atoms with E-state index in [1.54, 1.807) is 6.20 Å². The SMILES string of the molecule is Cc1n[nH]c(C)c1CCc1nc(-c2ccccn2)no1. The molecule has 1 N–H and O–H groups in total. The first-order valence-electron chi connectivity index (χ1n) is 6.48. The van der Waals surface area contributed by atoms with E-state index in [1.165, 1.54) is 5.56 Å². The summed E-state index contributed by atoms with van der Waals surface area (Å²) in [4.78, 5) is 8.57. The topological polar surface area (TPSA) is 80.5 Å². The summed E-state index contributed by atoms with van der Waals surface area (Å²) < 4.78 is 5.27. The van der Waals surface area contributed by atoms with Gasteiger partial charge in [0.25, 0.3) is 0 Å². The highest BCUT2D eigenvalue weighted by Crippen LogP contribution is 2.15. The van der Waals surface area contributed by atoms with E-state index >= 15 is 0 Å². The molecule has 0 saturated carbocycles. The molecule has 0 bridgehead atoms. The summed E-state index contributed by atoms with van der Waals surface area (Å²) in [7, 11) is 0. The van der Waals surface area contributed by atoms with Gasteiger partial charge in [-0.3, -0.25) is 10.1 Å². The van der Waals surface area contributed by atoms with Gasteiger partial charge in [-0.15, -0.1) is 0 Å². The first kappa shape index (κ1) is 12.5. The monoisotopic (exact) mass is 269 g/mol. The van der Waals surface area contributed by atoms with Gasteiger partial charge in [-0.2, -0.15) is 10.1 Å². The van der Waals surface area contributed by atoms with Crippen LogP contribution in [0, 0.1) is 13.8 Å². The summed E-state index contributed by atoms with van der Waals surface area (Å²) in [5.41, 5.74) is 4.04. The van der Waals surface area contributed by atoms with Crippen molar-refractivity contribution >= 4 is 0 Å². The number of nitrogens with one attached hydrogen (secondary N) is 1. The Kier molecular flexibility index (Phi) is 3.28. The molecular weight excluding hydrogens is 254 g/mol. The number of H-pyrrole nitrogens is 1. The second kappa shape index (κ2) is 5.24. The molecule has 3 rings (SSSR count). The number of hydrogen-bond acceptors (Lipinski definition) is 5. The molecule has 0 aromatic carbocycles. The van der Waals surface area contributed by atoms with Crippen molar-refractivity contribution < 1.29 is 4.52 Å². The summed E-state index contributed by atoms with van der Waals surface area (Å²) in [6.07, 6.45) is 3.24. The van der Waals surface area contributed by atoms with E-state index in [4.69, 9.17) is 4.52 Å². The summed E-state index contributed by atoms with van der Waals surface area (Å²) in [6, 6.07) is 5.62. The van der Waals surface area contributed by atoms with E-state index in [2.05, 4.69) is 25.3 Å². The van der Waals surface area contributed by atoms with Crippen LogP contribution >= 0.6 is 0 Å². The molecule has 20 heavy (non-hydrogen) atoms. The molecule has 3 aromatic heterocycles. The minimum absolute atomic E-state index is 0.529. The second-order valence-electron chi connectivity index (χ2n) is 4.64. The minimum Gasteiger partial charge on any atom is -0.339 e. The maximum absolute atomic E-state index is 5.27. The number of aromatic nitrogens is 5. The fourth-order valence-corrected chi connectivity index (χ4v) is 2.13. The summed E-state index contributed by atoms with van der Waals surface area (Å²) >= 11 is 0. The zero-order chi connectivity index (χ0) is 13.9. The van der Waals surface area contributed by atoms with Crippen LogP contribution in [-0.4, -0.2) is 25.3 Å². The Labute approximate surface area is 116 Å². The molecule has 6 nitrogen and oxygen atoms in total. The first-order valence-corrected chi connectivity index (χ1v) is 6.48. The lowest BCUT2D eigenvalue weighted by atomic mass is 10.1. The molecule has 0 aliphatic rings. The Morgan fingerprint density at radius 2 is 2.10 bits per heavy atom. The van der Waals surface area contributed by atoms with Gasteiger partial charge >= 0.3 is 0 Å². The van der Waals surface area contributed by atoms with Crippen LogP contribution in [0.5, 0.6) is 0 Å². The molecule has 0 atom stereocenters. The molecule has 0 aliphatic carbocycles. The van der Waals surface area contributed by atoms with Crippen LogP contribution in [0.1, 0.15) is 22.8 Å². The molecule has 0 spiro atoms. The number of aromatic amines is 1. The maximum Gasteiger partial charge on any atom is 0.227 e. The zero-order valence-electron chi connectivity index (χ0n) is 11.4. The third-order valence-corrected chi connectivity index (χ3v) is 3.23. The van der Waals surface area contributed by atoms with E-state index < -0.39 is 0 Å². The van der Waals surface area contributed by atoms with E-state index in [9.17, 15) is 0 Å². The van der Waals surface area contributed by atoms with Gasteiger partial charge in [-0.1, -0.05) is 11.2 Å². The van der Waals surface area contributed by atoms with Crippen molar-refractivity contribution in [1.82, 2.24) is 25.3 Å². The van der Waals surface area contributed by atoms with Crippen LogP contribution in [0.15, 0.2) is 28.9 Å². The van der Waals surface area contributed by atoms with Crippen molar-refractivity contribution in [2.24, 2.45) is 0 Å². The summed E-state index contributed by atoms with van der Waals surface area (Å²) in [6.45, 7) is 4.01. The lowest BCUT2D eigenvalue weighted by molar-refractivity contribution is 0.378. The highest BCUT2D eigenvalue weighted by Gasteiger charge is 2.12. The molecule has 0 aliphatic heterocycles. The Hall–Kier alpha value is -2.50. The zero-order valence-corrected chi connectivity index (χ0v) is 11.4. The Morgan fingerprint density at radius 1 is 1.20 bits per heavy atom. The van der Waals surface area contributed by atoms with Gasteiger partial charge in [0.05, 0.1) is 5.69 Å². The molecule has 3 aromatic rings. The first-order chi connectivity index (χ1) is 9.74. The third kappa shape index (κ3) is 2.45. The standard InChI is InChI=1S/C14H15N5O/c1-9-11(10(2)18-17-9)6-7-13-16-14(19-20-13)12-5-3-4-8-15-12/h3-5,8H,6-7H2,1-2H3,(H,17,18). The van der Waals surface area contributed by atoms with E-state index in [-0.39, 0.29) is 0 Å². The molecule has 6 heteroatoms. The normalized spacial score (nSPS) is 10.9. The molecule has 102 valence electrons. The van der Waals surface area contributed by atoms with Crippen LogP contribution in [0.3, 0.4) is 0 Å². The lowest BCUT2D eigenvalue weighted by Gasteiger charge is -1.97. The van der Waals surface area contributed by atoms with Gasteiger partial charge in [0.15, 0.2) is 0 Å². The fourth-order valence-electron chi connectivity index (χ4n) is 2.13. The molecular formula is C14H15N5O. The van der Waals surface area contributed by atoms with Crippen molar-refractivity contribution in [3.05, 3.63) is 47.2 Å². The average Bonchev–Trinajstić information content (AvgIpc) is 3.06. The average molecular weight is 269 g/mol. The largest absolute Gasteiger partial charge is 0.339 e. The van der Waals surface area contributed by atoms with Crippen LogP contribution in [0.4, 0.5) is 0 Å². The third-order valence-electron chi connectivity index (χ3n) is 3.23. The van der Waals surface area contributed by atoms with Crippen LogP contribution in [-0.2, 0) is 12.8 Å². The molecule has 0 amide bonds. The van der Waals surface area contributed by atoms with E-state index in [0.29, 0.717) is 18.1 Å². The van der Waals surface area contributed by atoms with Crippen LogP contribution < -0.4 is 0 Å². The molecule has 0 saturated heterocycles. The highest BCUT2D eigenvalue weighted by molar-refractivity contribution is 5.47. The van der Waals surface area contributed by atoms with Gasteiger partial charge in [-0.05, 0) is 38.0 Å². The van der Waals surface area contributed by atoms with Crippen molar-refractivity contribution in [2.45, 2.75) is 26.7 Å². The number of pyridine rings is 1. The Morgan fingerprint density at radius 3 is 2.80 bits per heavy atom. The number of nitrogens with zero attached hydrogens (tertiary/aromatic N) is 4. The van der Waals surface area contributed by atoms with Gasteiger partial charge in [0.2, 0.25) is 11.7 Å². The summed E-state index contributed by atoms with van der Waals surface area (Å²) in [5.74, 6) is 1.15. The Bertz CT molecular complexity index is 682. The quantitative estimate of drug-likeness (QED) is 0.785. The van der Waals surface area contributed by atoms with Crippen molar-refractivity contribution in [3.8, 4) is 11.5 Å². The fraction of sp³-hybridized carbons (Fsp3) is 0.286. The molecule has 0 fully saturated rings. The van der Waals surface area contributed by atoms with Crippen LogP contribution in [0.25, 0.3) is 11.5 Å². The molecule has 0 radical (unpaired) electrons. The van der Waals surface area contributed by atoms with Gasteiger partial charge in [0, 0.05) is 18.3 Å². The predicted octanol–water partition coefficient (Wildman–Crippen LogP) is 2.26. The van der Waals surface area contributed by atoms with Crippen molar-refractivity contribution in [1.29, 1.82) is 0 Å². The molecule has 0 unspecified atom stereocenters. The highest BCUT2D eigenvalue weighted by atomic mass is 16.5. The minimum atomic E-state index is 0.529. The van der Waals surface area contributed by atoms with Crippen molar-refractivity contribution in [3.63, 3.8) is 0 Å². The number of rotatable bonds is 4. The maximum atomic E-state index is 5.27. The van der Waals surface area contributed by atoms with E-state index in [1.807, 2.05) is 32.0 Å².